The molecule has 1 aliphatic heterocycles. The lowest BCUT2D eigenvalue weighted by molar-refractivity contribution is -0.138. The van der Waals surface area contributed by atoms with E-state index in [2.05, 4.69) is 16.0 Å². The molecule has 0 fully saturated rings. The highest BCUT2D eigenvalue weighted by atomic mass is 35.5. The van der Waals surface area contributed by atoms with Crippen molar-refractivity contribution in [3.05, 3.63) is 88.9 Å². The number of carbonyl (C=O) groups is 3. The Morgan fingerprint density at radius 1 is 0.900 bits per heavy atom. The number of hydrogen-bond acceptors (Lipinski definition) is 5. The number of urea groups is 1. The van der Waals surface area contributed by atoms with E-state index in [1.54, 1.807) is 60.7 Å². The summed E-state index contributed by atoms with van der Waals surface area (Å²) in [5.41, 5.74) is 1.47. The minimum absolute atomic E-state index is 0.0827. The van der Waals surface area contributed by atoms with Gasteiger partial charge in [-0.25, -0.2) is 4.79 Å². The second kappa shape index (κ2) is 13.0. The predicted octanol–water partition coefficient (Wildman–Crippen LogP) is 5.44. The summed E-state index contributed by atoms with van der Waals surface area (Å²) in [5.74, 6) is -0.907. The lowest BCUT2D eigenvalue weighted by Gasteiger charge is -2.30. The highest BCUT2D eigenvalue weighted by molar-refractivity contribution is 6.30. The number of aryl methyl sites for hydroxylation is 1. The molecule has 0 aliphatic carbocycles. The third-order valence-electron chi connectivity index (χ3n) is 6.49. The first-order valence-corrected chi connectivity index (χ1v) is 13.5. The van der Waals surface area contributed by atoms with Crippen molar-refractivity contribution < 1.29 is 23.9 Å². The van der Waals surface area contributed by atoms with Crippen LogP contribution in [0.5, 0.6) is 0 Å². The van der Waals surface area contributed by atoms with E-state index in [4.69, 9.17) is 21.1 Å². The first kappa shape index (κ1) is 29.1. The van der Waals surface area contributed by atoms with Crippen molar-refractivity contribution >= 4 is 46.5 Å². The molecule has 0 saturated heterocycles. The number of benzene rings is 3. The van der Waals surface area contributed by atoms with Gasteiger partial charge in [-0.15, -0.1) is 0 Å². The molecule has 1 atom stereocenters. The Bertz CT molecular complexity index is 1280. The maximum Gasteiger partial charge on any atom is 0.320 e. The van der Waals surface area contributed by atoms with E-state index < -0.39 is 29.7 Å². The Morgan fingerprint density at radius 3 is 2.15 bits per heavy atom. The van der Waals surface area contributed by atoms with Gasteiger partial charge >= 0.3 is 6.03 Å². The third kappa shape index (κ3) is 6.62. The number of anilines is 3. The van der Waals surface area contributed by atoms with E-state index in [-0.39, 0.29) is 13.0 Å². The van der Waals surface area contributed by atoms with Crippen molar-refractivity contribution in [3.63, 3.8) is 0 Å². The molecule has 210 valence electrons. The van der Waals surface area contributed by atoms with Crippen LogP contribution in [0.1, 0.15) is 31.4 Å². The smallest absolute Gasteiger partial charge is 0.320 e. The van der Waals surface area contributed by atoms with Crippen LogP contribution in [0.25, 0.3) is 0 Å². The van der Waals surface area contributed by atoms with Gasteiger partial charge in [-0.2, -0.15) is 0 Å². The average Bonchev–Trinajstić information content (AvgIpc) is 3.14. The summed E-state index contributed by atoms with van der Waals surface area (Å²) in [4.78, 5) is 42.5. The number of nitrogens with one attached hydrogen (secondary N) is 3. The molecule has 1 aliphatic rings. The number of hydrogen-bond donors (Lipinski definition) is 3. The zero-order valence-electron chi connectivity index (χ0n) is 22.7. The van der Waals surface area contributed by atoms with Crippen LogP contribution in [0, 0.1) is 6.92 Å². The van der Waals surface area contributed by atoms with Gasteiger partial charge in [0, 0.05) is 35.2 Å². The van der Waals surface area contributed by atoms with Crippen molar-refractivity contribution in [1.29, 1.82) is 0 Å². The SMILES string of the molecule is CCOC(CN1C(=O)[C@@](CC(=O)Nc2ccc(C)cc2)(NC(=O)Nc2ccc(Cl)cc2)c2ccccc21)OCC. The van der Waals surface area contributed by atoms with Gasteiger partial charge in [-0.3, -0.25) is 9.59 Å². The summed E-state index contributed by atoms with van der Waals surface area (Å²) in [6.07, 6.45) is -1.03. The largest absolute Gasteiger partial charge is 0.351 e. The number of para-hydroxylation sites is 1. The van der Waals surface area contributed by atoms with Crippen molar-refractivity contribution in [3.8, 4) is 0 Å². The molecule has 1 heterocycles. The Labute approximate surface area is 238 Å². The van der Waals surface area contributed by atoms with E-state index in [1.807, 2.05) is 32.9 Å². The molecule has 0 spiro atoms. The van der Waals surface area contributed by atoms with Crippen LogP contribution in [-0.4, -0.2) is 43.9 Å². The molecule has 10 heteroatoms. The molecular formula is C30H33ClN4O5. The van der Waals surface area contributed by atoms with Crippen molar-refractivity contribution in [1.82, 2.24) is 5.32 Å². The van der Waals surface area contributed by atoms with Crippen LogP contribution in [0.4, 0.5) is 21.9 Å². The van der Waals surface area contributed by atoms with Gasteiger partial charge in [0.15, 0.2) is 11.8 Å². The second-order valence-corrected chi connectivity index (χ2v) is 9.79. The maximum absolute atomic E-state index is 14.3. The van der Waals surface area contributed by atoms with Crippen LogP contribution in [0.3, 0.4) is 0 Å². The number of halogens is 1. The van der Waals surface area contributed by atoms with Gasteiger partial charge in [0.2, 0.25) is 5.91 Å². The van der Waals surface area contributed by atoms with Crippen LogP contribution < -0.4 is 20.9 Å². The van der Waals surface area contributed by atoms with Crippen molar-refractivity contribution in [2.24, 2.45) is 0 Å². The second-order valence-electron chi connectivity index (χ2n) is 9.36. The summed E-state index contributed by atoms with van der Waals surface area (Å²) in [6.45, 7) is 6.49. The minimum Gasteiger partial charge on any atom is -0.351 e. The van der Waals surface area contributed by atoms with Gasteiger partial charge in [0.1, 0.15) is 0 Å². The van der Waals surface area contributed by atoms with E-state index in [0.717, 1.165) is 5.56 Å². The molecule has 40 heavy (non-hydrogen) atoms. The van der Waals surface area contributed by atoms with Crippen molar-refractivity contribution in [2.45, 2.75) is 39.0 Å². The fourth-order valence-electron chi connectivity index (χ4n) is 4.69. The molecule has 0 unspecified atom stereocenters. The quantitative estimate of drug-likeness (QED) is 0.269. The van der Waals surface area contributed by atoms with Crippen LogP contribution in [0.2, 0.25) is 5.02 Å². The summed E-state index contributed by atoms with van der Waals surface area (Å²) in [6, 6.07) is 20.3. The standard InChI is InChI=1S/C30H33ClN4O5/c1-4-39-27(40-5-2)19-35-25-9-7-6-8-24(25)30(28(35)37,18-26(36)32-22-14-10-20(3)11-15-22)34-29(38)33-23-16-12-21(31)13-17-23/h6-17,27H,4-5,18-19H2,1-3H3,(H,32,36)(H2,33,34,38)/t30-/m0/s1. The third-order valence-corrected chi connectivity index (χ3v) is 6.74. The molecule has 0 radical (unpaired) electrons. The zero-order valence-corrected chi connectivity index (χ0v) is 23.5. The highest BCUT2D eigenvalue weighted by Gasteiger charge is 2.53. The van der Waals surface area contributed by atoms with Gasteiger partial charge in [-0.1, -0.05) is 47.5 Å². The lowest BCUT2D eigenvalue weighted by Crippen LogP contribution is -2.56. The molecule has 9 nitrogen and oxygen atoms in total. The highest BCUT2D eigenvalue weighted by Crippen LogP contribution is 2.43. The van der Waals surface area contributed by atoms with Gasteiger partial charge in [0.25, 0.3) is 5.91 Å². The number of carbonyl (C=O) groups excluding carboxylic acids is 3. The lowest BCUT2D eigenvalue weighted by atomic mass is 9.87. The number of amides is 4. The first-order chi connectivity index (χ1) is 19.3. The monoisotopic (exact) mass is 564 g/mol. The molecule has 3 aromatic carbocycles. The predicted molar refractivity (Wildman–Crippen MR) is 156 cm³/mol. The van der Waals surface area contributed by atoms with Gasteiger partial charge in [0.05, 0.1) is 18.7 Å². The van der Waals surface area contributed by atoms with Gasteiger partial charge in [-0.05, 0) is 63.2 Å². The molecule has 4 amide bonds. The summed E-state index contributed by atoms with van der Waals surface area (Å²) in [5, 5.41) is 8.94. The van der Waals surface area contributed by atoms with E-state index in [9.17, 15) is 14.4 Å². The molecule has 0 aromatic heterocycles. The molecule has 3 aromatic rings. The van der Waals surface area contributed by atoms with E-state index >= 15 is 0 Å². The normalized spacial score (nSPS) is 16.1. The number of rotatable bonds is 11. The fraction of sp³-hybridized carbons (Fsp3) is 0.300. The summed E-state index contributed by atoms with van der Waals surface area (Å²) < 4.78 is 11.4. The Hall–Kier alpha value is -3.92. The average molecular weight is 565 g/mol. The number of ether oxygens (including phenoxy) is 2. The molecular weight excluding hydrogens is 532 g/mol. The topological polar surface area (TPSA) is 109 Å². The van der Waals surface area contributed by atoms with Crippen LogP contribution in [0.15, 0.2) is 72.8 Å². The van der Waals surface area contributed by atoms with E-state index in [0.29, 0.717) is 40.9 Å². The summed E-state index contributed by atoms with van der Waals surface area (Å²) >= 11 is 5.97. The zero-order chi connectivity index (χ0) is 28.7. The molecule has 4 rings (SSSR count). The Morgan fingerprint density at radius 2 is 1.50 bits per heavy atom. The number of fused-ring (bicyclic) bond motifs is 1. The first-order valence-electron chi connectivity index (χ1n) is 13.1. The summed E-state index contributed by atoms with van der Waals surface area (Å²) in [7, 11) is 0. The maximum atomic E-state index is 14.3. The van der Waals surface area contributed by atoms with Crippen LogP contribution >= 0.6 is 11.6 Å². The Kier molecular flexibility index (Phi) is 9.42. The number of nitrogens with zero attached hydrogens (tertiary/aromatic N) is 1. The molecule has 3 N–H and O–H groups in total. The van der Waals surface area contributed by atoms with Gasteiger partial charge < -0.3 is 30.3 Å². The molecule has 0 saturated carbocycles. The fourth-order valence-corrected chi connectivity index (χ4v) is 4.81. The van der Waals surface area contributed by atoms with Crippen LogP contribution in [-0.2, 0) is 24.6 Å². The van der Waals surface area contributed by atoms with Crippen molar-refractivity contribution in [2.75, 3.05) is 35.3 Å². The minimum atomic E-state index is -1.69. The Balaban J connectivity index is 1.69. The van der Waals surface area contributed by atoms with E-state index in [1.165, 1.54) is 4.90 Å². The molecule has 0 bridgehead atoms.